The number of fused-ring (bicyclic) bond motifs is 1. The number of halogens is 1. The number of amides is 1. The number of pyridine rings is 1. The van der Waals surface area contributed by atoms with Gasteiger partial charge in [0.2, 0.25) is 15.9 Å². The number of nitrogens with one attached hydrogen (secondary N) is 1. The summed E-state index contributed by atoms with van der Waals surface area (Å²) in [4.78, 5) is 20.5. The zero-order chi connectivity index (χ0) is 28.0. The van der Waals surface area contributed by atoms with E-state index in [2.05, 4.69) is 29.0 Å². The molecule has 0 radical (unpaired) electrons. The van der Waals surface area contributed by atoms with E-state index in [1.165, 1.54) is 12.1 Å². The topological polar surface area (TPSA) is 91.8 Å². The average Bonchev–Trinajstić information content (AvgIpc) is 3.32. The van der Waals surface area contributed by atoms with Gasteiger partial charge in [0.05, 0.1) is 23.0 Å². The third-order valence-electron chi connectivity index (χ3n) is 6.13. The molecular formula is C28H31FN4O4S2. The Hall–Kier alpha value is -3.38. The predicted octanol–water partition coefficient (Wildman–Crippen LogP) is 5.47. The number of hydrogen-bond donors (Lipinski definition) is 1. The Morgan fingerprint density at radius 1 is 1.03 bits per heavy atom. The second-order valence-electron chi connectivity index (χ2n) is 9.01. The average molecular weight is 571 g/mol. The maximum atomic E-state index is 15.0. The van der Waals surface area contributed by atoms with Gasteiger partial charge in [0.1, 0.15) is 5.75 Å². The molecule has 2 heterocycles. The van der Waals surface area contributed by atoms with Crippen LogP contribution in [0.1, 0.15) is 24.3 Å². The Bertz CT molecular complexity index is 1540. The van der Waals surface area contributed by atoms with E-state index in [1.54, 1.807) is 47.9 Å². The fraction of sp³-hybridized carbons (Fsp3) is 0.286. The number of hydrogen-bond acceptors (Lipinski definition) is 7. The first-order chi connectivity index (χ1) is 18.7. The van der Waals surface area contributed by atoms with Gasteiger partial charge in [0, 0.05) is 42.0 Å². The summed E-state index contributed by atoms with van der Waals surface area (Å²) in [6, 6.07) is 16.8. The molecule has 0 fully saturated rings. The summed E-state index contributed by atoms with van der Waals surface area (Å²) in [5.41, 5.74) is 1.73. The van der Waals surface area contributed by atoms with Crippen LogP contribution in [0.5, 0.6) is 11.5 Å². The molecule has 0 aliphatic carbocycles. The van der Waals surface area contributed by atoms with E-state index in [-0.39, 0.29) is 18.0 Å². The minimum atomic E-state index is -3.65. The number of thiophene rings is 1. The zero-order valence-corrected chi connectivity index (χ0v) is 23.7. The summed E-state index contributed by atoms with van der Waals surface area (Å²) in [6.45, 7) is 6.56. The van der Waals surface area contributed by atoms with Crippen molar-refractivity contribution in [3.05, 3.63) is 83.1 Å². The number of anilines is 1. The summed E-state index contributed by atoms with van der Waals surface area (Å²) in [6.07, 6.45) is 2.67. The number of carbonyl (C=O) groups is 1. The Balaban J connectivity index is 1.45. The van der Waals surface area contributed by atoms with Gasteiger partial charge in [-0.3, -0.25) is 14.7 Å². The monoisotopic (exact) mass is 570 g/mol. The maximum absolute atomic E-state index is 15.0. The number of benzene rings is 2. The van der Waals surface area contributed by atoms with Crippen molar-refractivity contribution in [1.29, 1.82) is 0 Å². The molecule has 206 valence electrons. The first-order valence-corrected chi connectivity index (χ1v) is 15.2. The molecule has 0 saturated heterocycles. The highest BCUT2D eigenvalue weighted by Crippen LogP contribution is 2.36. The van der Waals surface area contributed by atoms with Crippen LogP contribution < -0.4 is 10.1 Å². The van der Waals surface area contributed by atoms with E-state index >= 15 is 0 Å². The largest absolute Gasteiger partial charge is 0.453 e. The van der Waals surface area contributed by atoms with E-state index in [4.69, 9.17) is 4.74 Å². The highest BCUT2D eigenvalue weighted by Gasteiger charge is 2.21. The number of carbonyl (C=O) groups excluding carboxylic acids is 1. The molecular weight excluding hydrogens is 539 g/mol. The van der Waals surface area contributed by atoms with Crippen molar-refractivity contribution in [3.63, 3.8) is 0 Å². The normalized spacial score (nSPS) is 11.8. The van der Waals surface area contributed by atoms with Crippen molar-refractivity contribution >= 4 is 43.2 Å². The highest BCUT2D eigenvalue weighted by molar-refractivity contribution is 7.88. The molecule has 11 heteroatoms. The van der Waals surface area contributed by atoms with Crippen molar-refractivity contribution < 1.29 is 22.3 Å². The van der Waals surface area contributed by atoms with Crippen LogP contribution >= 0.6 is 11.3 Å². The van der Waals surface area contributed by atoms with E-state index in [1.807, 2.05) is 12.1 Å². The van der Waals surface area contributed by atoms with Crippen molar-refractivity contribution in [2.75, 3.05) is 31.2 Å². The van der Waals surface area contributed by atoms with Gasteiger partial charge in [-0.05, 0) is 36.9 Å². The standard InChI is InChI=1S/C28H31FN4O4S2/c1-4-32(5-2)18-22-16-24-28(38-22)26(13-14-30-24)37-25-12-11-21(15-23(25)29)31-27(34)19-33(39(3,35)36)17-20-9-7-6-8-10-20/h6-16H,4-5,17-19H2,1-3H3,(H,31,34). The molecule has 0 spiro atoms. The molecule has 0 atom stereocenters. The van der Waals surface area contributed by atoms with Gasteiger partial charge in [0.25, 0.3) is 0 Å². The second kappa shape index (κ2) is 12.6. The molecule has 0 unspecified atom stereocenters. The fourth-order valence-electron chi connectivity index (χ4n) is 4.01. The molecule has 8 nitrogen and oxygen atoms in total. The first kappa shape index (κ1) is 28.6. The van der Waals surface area contributed by atoms with E-state index in [0.29, 0.717) is 5.75 Å². The minimum absolute atomic E-state index is 0.000956. The lowest BCUT2D eigenvalue weighted by molar-refractivity contribution is -0.116. The van der Waals surface area contributed by atoms with Crippen molar-refractivity contribution in [2.24, 2.45) is 0 Å². The van der Waals surface area contributed by atoms with E-state index in [0.717, 1.165) is 56.9 Å². The Labute approximate surface area is 232 Å². The number of rotatable bonds is 12. The first-order valence-electron chi connectivity index (χ1n) is 12.5. The highest BCUT2D eigenvalue weighted by atomic mass is 32.2. The van der Waals surface area contributed by atoms with Crippen LogP contribution in [0.25, 0.3) is 10.2 Å². The molecule has 0 aliphatic heterocycles. The van der Waals surface area contributed by atoms with Gasteiger partial charge in [-0.2, -0.15) is 4.31 Å². The van der Waals surface area contributed by atoms with E-state index < -0.39 is 28.3 Å². The van der Waals surface area contributed by atoms with Gasteiger partial charge >= 0.3 is 0 Å². The summed E-state index contributed by atoms with van der Waals surface area (Å²) in [7, 11) is -3.65. The molecule has 2 aromatic carbocycles. The number of ether oxygens (including phenoxy) is 1. The smallest absolute Gasteiger partial charge is 0.239 e. The van der Waals surface area contributed by atoms with Crippen molar-refractivity contribution in [1.82, 2.24) is 14.2 Å². The zero-order valence-electron chi connectivity index (χ0n) is 22.1. The van der Waals surface area contributed by atoms with Crippen LogP contribution in [0.15, 0.2) is 66.9 Å². The predicted molar refractivity (Wildman–Crippen MR) is 153 cm³/mol. The number of nitrogens with zero attached hydrogens (tertiary/aromatic N) is 3. The SMILES string of the molecule is CCN(CC)Cc1cc2nccc(Oc3ccc(NC(=O)CN(Cc4ccccc4)S(C)(=O)=O)cc3F)c2s1. The van der Waals surface area contributed by atoms with Crippen LogP contribution in [0.4, 0.5) is 10.1 Å². The minimum Gasteiger partial charge on any atom is -0.453 e. The summed E-state index contributed by atoms with van der Waals surface area (Å²) in [5.74, 6) is -0.751. The lowest BCUT2D eigenvalue weighted by atomic mass is 10.2. The Morgan fingerprint density at radius 2 is 1.77 bits per heavy atom. The van der Waals surface area contributed by atoms with Crippen molar-refractivity contribution in [2.45, 2.75) is 26.9 Å². The Kier molecular flexibility index (Phi) is 9.28. The molecule has 0 aliphatic rings. The lowest BCUT2D eigenvalue weighted by Gasteiger charge is -2.19. The number of aromatic nitrogens is 1. The van der Waals surface area contributed by atoms with Gasteiger partial charge in [-0.15, -0.1) is 11.3 Å². The second-order valence-corrected chi connectivity index (χ2v) is 12.1. The summed E-state index contributed by atoms with van der Waals surface area (Å²) < 4.78 is 47.3. The summed E-state index contributed by atoms with van der Waals surface area (Å²) >= 11 is 1.57. The van der Waals surface area contributed by atoms with Gasteiger partial charge in [-0.25, -0.2) is 12.8 Å². The number of sulfonamides is 1. The summed E-state index contributed by atoms with van der Waals surface area (Å²) in [5, 5.41) is 2.57. The molecule has 2 aromatic heterocycles. The molecule has 4 rings (SSSR count). The third-order valence-corrected chi connectivity index (χ3v) is 8.45. The third kappa shape index (κ3) is 7.60. The van der Waals surface area contributed by atoms with Crippen LogP contribution in [-0.4, -0.2) is 54.4 Å². The lowest BCUT2D eigenvalue weighted by Crippen LogP contribution is -2.36. The van der Waals surface area contributed by atoms with Gasteiger partial charge < -0.3 is 10.1 Å². The molecule has 4 aromatic rings. The van der Waals surface area contributed by atoms with E-state index in [9.17, 15) is 17.6 Å². The van der Waals surface area contributed by atoms with Gasteiger partial charge in [-0.1, -0.05) is 44.2 Å². The molecule has 1 amide bonds. The maximum Gasteiger partial charge on any atom is 0.239 e. The van der Waals surface area contributed by atoms with Crippen LogP contribution in [0.3, 0.4) is 0 Å². The van der Waals surface area contributed by atoms with Crippen LogP contribution in [-0.2, 0) is 27.9 Å². The van der Waals surface area contributed by atoms with Crippen LogP contribution in [0, 0.1) is 5.82 Å². The quantitative estimate of drug-likeness (QED) is 0.243. The van der Waals surface area contributed by atoms with Gasteiger partial charge in [0.15, 0.2) is 11.6 Å². The fourth-order valence-corrected chi connectivity index (χ4v) is 5.85. The Morgan fingerprint density at radius 3 is 2.44 bits per heavy atom. The molecule has 1 N–H and O–H groups in total. The molecule has 0 bridgehead atoms. The van der Waals surface area contributed by atoms with Crippen molar-refractivity contribution in [3.8, 4) is 11.5 Å². The molecule has 0 saturated carbocycles. The van der Waals surface area contributed by atoms with Crippen LogP contribution in [0.2, 0.25) is 0 Å². The molecule has 39 heavy (non-hydrogen) atoms.